The molecule has 1 unspecified atom stereocenters. The average Bonchev–Trinajstić information content (AvgIpc) is 3.37. The summed E-state index contributed by atoms with van der Waals surface area (Å²) >= 11 is 0. The molecular weight excluding hydrogens is 352 g/mol. The number of hydrogen-bond donors (Lipinski definition) is 1. The molecule has 2 aliphatic rings. The Hall–Kier alpha value is -2.96. The SMILES string of the molecule is CN(c1ccc(-c2ccc(-n3nccn3)cc2O)nn1)[C@H]1CC2CC[C@@H](C2)C1. The van der Waals surface area contributed by atoms with Crippen molar-refractivity contribution in [2.45, 2.75) is 38.1 Å². The van der Waals surface area contributed by atoms with E-state index in [1.54, 1.807) is 18.5 Å². The van der Waals surface area contributed by atoms with Gasteiger partial charge in [-0.15, -0.1) is 10.2 Å². The van der Waals surface area contributed by atoms with Crippen molar-refractivity contribution in [2.24, 2.45) is 11.8 Å². The second-order valence-electron chi connectivity index (χ2n) is 8.08. The smallest absolute Gasteiger partial charge is 0.151 e. The molecule has 2 bridgehead atoms. The summed E-state index contributed by atoms with van der Waals surface area (Å²) in [6.45, 7) is 0. The van der Waals surface area contributed by atoms with E-state index in [9.17, 15) is 5.11 Å². The van der Waals surface area contributed by atoms with Crippen molar-refractivity contribution >= 4 is 5.82 Å². The van der Waals surface area contributed by atoms with Gasteiger partial charge in [-0.1, -0.05) is 12.8 Å². The van der Waals surface area contributed by atoms with E-state index in [0.717, 1.165) is 17.7 Å². The Balaban J connectivity index is 1.35. The van der Waals surface area contributed by atoms with Crippen molar-refractivity contribution in [3.63, 3.8) is 0 Å². The molecule has 3 aromatic rings. The molecule has 5 rings (SSSR count). The van der Waals surface area contributed by atoms with Crippen molar-refractivity contribution in [3.8, 4) is 22.7 Å². The third kappa shape index (κ3) is 3.10. The van der Waals surface area contributed by atoms with Crippen molar-refractivity contribution in [2.75, 3.05) is 11.9 Å². The second kappa shape index (κ2) is 6.89. The quantitative estimate of drug-likeness (QED) is 0.751. The predicted molar refractivity (Wildman–Crippen MR) is 106 cm³/mol. The molecule has 7 heteroatoms. The van der Waals surface area contributed by atoms with Crippen LogP contribution in [0.5, 0.6) is 5.75 Å². The third-order valence-corrected chi connectivity index (χ3v) is 6.33. The summed E-state index contributed by atoms with van der Waals surface area (Å²) in [4.78, 5) is 3.75. The molecule has 1 aromatic carbocycles. The van der Waals surface area contributed by atoms with Gasteiger partial charge in [0.2, 0.25) is 0 Å². The summed E-state index contributed by atoms with van der Waals surface area (Å²) in [6, 6.07) is 9.79. The fourth-order valence-corrected chi connectivity index (χ4v) is 4.84. The van der Waals surface area contributed by atoms with Gasteiger partial charge in [-0.25, -0.2) is 0 Å². The van der Waals surface area contributed by atoms with Crippen molar-refractivity contribution in [1.29, 1.82) is 0 Å². The van der Waals surface area contributed by atoms with E-state index in [2.05, 4.69) is 32.3 Å². The Bertz CT molecular complexity index is 944. The summed E-state index contributed by atoms with van der Waals surface area (Å²) in [5.74, 6) is 2.80. The van der Waals surface area contributed by atoms with E-state index < -0.39 is 0 Å². The summed E-state index contributed by atoms with van der Waals surface area (Å²) < 4.78 is 0. The Kier molecular flexibility index (Phi) is 4.22. The van der Waals surface area contributed by atoms with E-state index in [1.165, 1.54) is 36.9 Å². The van der Waals surface area contributed by atoms with Crippen LogP contribution in [0.25, 0.3) is 16.9 Å². The molecule has 0 radical (unpaired) electrons. The molecule has 144 valence electrons. The van der Waals surface area contributed by atoms with Gasteiger partial charge >= 0.3 is 0 Å². The lowest BCUT2D eigenvalue weighted by Crippen LogP contribution is -2.37. The Morgan fingerprint density at radius 2 is 1.71 bits per heavy atom. The van der Waals surface area contributed by atoms with Gasteiger partial charge < -0.3 is 10.0 Å². The van der Waals surface area contributed by atoms with Gasteiger partial charge in [0.05, 0.1) is 23.8 Å². The molecule has 3 atom stereocenters. The number of aromatic nitrogens is 5. The van der Waals surface area contributed by atoms with Gasteiger partial charge in [0.1, 0.15) is 5.75 Å². The molecule has 2 aromatic heterocycles. The number of phenols is 1. The number of hydrogen-bond acceptors (Lipinski definition) is 6. The highest BCUT2D eigenvalue weighted by molar-refractivity contribution is 5.68. The molecule has 0 spiro atoms. The lowest BCUT2D eigenvalue weighted by atomic mass is 9.85. The van der Waals surface area contributed by atoms with Crippen LogP contribution in [0.4, 0.5) is 5.82 Å². The van der Waals surface area contributed by atoms with Crippen molar-refractivity contribution in [3.05, 3.63) is 42.7 Å². The number of benzene rings is 1. The average molecular weight is 376 g/mol. The molecule has 2 fully saturated rings. The first kappa shape index (κ1) is 17.2. The van der Waals surface area contributed by atoms with Crippen LogP contribution in [-0.4, -0.2) is 43.4 Å². The van der Waals surface area contributed by atoms with E-state index in [-0.39, 0.29) is 5.75 Å². The van der Waals surface area contributed by atoms with Crippen LogP contribution in [0.3, 0.4) is 0 Å². The van der Waals surface area contributed by atoms with Crippen LogP contribution >= 0.6 is 0 Å². The molecule has 0 aliphatic heterocycles. The minimum Gasteiger partial charge on any atom is -0.507 e. The van der Waals surface area contributed by atoms with Crippen LogP contribution in [0.15, 0.2) is 42.7 Å². The largest absolute Gasteiger partial charge is 0.507 e. The normalized spacial score (nSPS) is 23.7. The van der Waals surface area contributed by atoms with Crippen LogP contribution in [0.1, 0.15) is 32.1 Å². The Labute approximate surface area is 164 Å². The number of anilines is 1. The first-order valence-electron chi connectivity index (χ1n) is 9.94. The van der Waals surface area contributed by atoms with Gasteiger partial charge in [0.15, 0.2) is 5.82 Å². The fourth-order valence-electron chi connectivity index (χ4n) is 4.84. The molecule has 0 saturated heterocycles. The van der Waals surface area contributed by atoms with Crippen LogP contribution in [0.2, 0.25) is 0 Å². The Morgan fingerprint density at radius 3 is 2.36 bits per heavy atom. The first-order valence-corrected chi connectivity index (χ1v) is 9.94. The fraction of sp³-hybridized carbons (Fsp3) is 0.429. The molecule has 28 heavy (non-hydrogen) atoms. The maximum absolute atomic E-state index is 10.4. The number of aromatic hydroxyl groups is 1. The minimum absolute atomic E-state index is 0.133. The number of phenolic OH excluding ortho intramolecular Hbond substituents is 1. The molecular formula is C21H24N6O. The van der Waals surface area contributed by atoms with E-state index in [0.29, 0.717) is 23.0 Å². The Morgan fingerprint density at radius 1 is 0.964 bits per heavy atom. The molecule has 1 N–H and O–H groups in total. The maximum atomic E-state index is 10.4. The molecule has 7 nitrogen and oxygen atoms in total. The van der Waals surface area contributed by atoms with E-state index in [1.807, 2.05) is 24.3 Å². The van der Waals surface area contributed by atoms with Crippen molar-refractivity contribution in [1.82, 2.24) is 25.2 Å². The molecule has 2 aliphatic carbocycles. The standard InChI is InChI=1S/C21H24N6O/c1-26(17-11-14-2-3-15(10-14)12-17)21-7-6-19(24-25-21)18-5-4-16(13-20(18)28)27-22-8-9-23-27/h4-9,13-15,17,28H,2-3,10-12H2,1H3/t14-,15?,17+/m0/s1. The van der Waals surface area contributed by atoms with Gasteiger partial charge in [0.25, 0.3) is 0 Å². The van der Waals surface area contributed by atoms with Crippen LogP contribution < -0.4 is 4.90 Å². The summed E-state index contributed by atoms with van der Waals surface area (Å²) in [6.07, 6.45) is 9.93. The molecule has 2 heterocycles. The lowest BCUT2D eigenvalue weighted by Gasteiger charge is -2.35. The zero-order chi connectivity index (χ0) is 19.1. The van der Waals surface area contributed by atoms with Gasteiger partial charge in [0, 0.05) is 24.7 Å². The van der Waals surface area contributed by atoms with Crippen LogP contribution in [0, 0.1) is 11.8 Å². The summed E-state index contributed by atoms with van der Waals surface area (Å²) in [7, 11) is 2.13. The molecule has 2 saturated carbocycles. The first-order chi connectivity index (χ1) is 13.7. The monoisotopic (exact) mass is 376 g/mol. The zero-order valence-corrected chi connectivity index (χ0v) is 15.9. The molecule has 0 amide bonds. The number of nitrogens with zero attached hydrogens (tertiary/aromatic N) is 6. The summed E-state index contributed by atoms with van der Waals surface area (Å²) in [5.41, 5.74) is 1.99. The van der Waals surface area contributed by atoms with E-state index >= 15 is 0 Å². The third-order valence-electron chi connectivity index (χ3n) is 6.33. The lowest BCUT2D eigenvalue weighted by molar-refractivity contribution is 0.312. The van der Waals surface area contributed by atoms with Crippen molar-refractivity contribution < 1.29 is 5.11 Å². The second-order valence-corrected chi connectivity index (χ2v) is 8.08. The number of fused-ring (bicyclic) bond motifs is 2. The summed E-state index contributed by atoms with van der Waals surface area (Å²) in [5, 5.41) is 27.4. The highest BCUT2D eigenvalue weighted by atomic mass is 16.3. The minimum atomic E-state index is 0.133. The highest BCUT2D eigenvalue weighted by Crippen LogP contribution is 2.43. The zero-order valence-electron chi connectivity index (χ0n) is 15.9. The van der Waals surface area contributed by atoms with E-state index in [4.69, 9.17) is 0 Å². The predicted octanol–water partition coefficient (Wildman–Crippen LogP) is 3.44. The van der Waals surface area contributed by atoms with Crippen LogP contribution in [-0.2, 0) is 0 Å². The maximum Gasteiger partial charge on any atom is 0.151 e. The van der Waals surface area contributed by atoms with Gasteiger partial charge in [-0.2, -0.15) is 15.0 Å². The highest BCUT2D eigenvalue weighted by Gasteiger charge is 2.36. The topological polar surface area (TPSA) is 80.0 Å². The number of rotatable bonds is 4. The van der Waals surface area contributed by atoms with Gasteiger partial charge in [-0.05, 0) is 55.4 Å². The van der Waals surface area contributed by atoms with Gasteiger partial charge in [-0.3, -0.25) is 0 Å².